The van der Waals surface area contributed by atoms with E-state index in [4.69, 9.17) is 0 Å². The van der Waals surface area contributed by atoms with Crippen molar-refractivity contribution >= 4 is 12.7 Å². The molecule has 0 saturated heterocycles. The Morgan fingerprint density at radius 2 is 1.94 bits per heavy atom. The van der Waals surface area contributed by atoms with E-state index in [0.717, 1.165) is 5.56 Å². The second-order valence-electron chi connectivity index (χ2n) is 3.68. The minimum absolute atomic E-state index is 0. The number of anilines is 1. The first kappa shape index (κ1) is 14.5. The summed E-state index contributed by atoms with van der Waals surface area (Å²) in [5.74, 6) is -0.490. The van der Waals surface area contributed by atoms with Crippen LogP contribution in [0, 0.1) is 5.82 Å². The second-order valence-corrected chi connectivity index (χ2v) is 3.68. The van der Waals surface area contributed by atoms with Crippen LogP contribution in [0.1, 0.15) is 5.56 Å². The first-order valence-electron chi connectivity index (χ1n) is 4.70. The molecule has 1 aromatic carbocycles. The summed E-state index contributed by atoms with van der Waals surface area (Å²) in [5.41, 5.74) is 1.17. The standard InChI is InChI=1S/C9H9BF4N.K/c11-8-2-1-7-3-4-15(9(7)5-8)6-10(12,13)14;/h1-2,5H,3-4,6H2;/q-1;+1. The Morgan fingerprint density at radius 1 is 1.25 bits per heavy atom. The zero-order chi connectivity index (χ0) is 11.1. The van der Waals surface area contributed by atoms with Gasteiger partial charge >= 0.3 is 58.4 Å². The third kappa shape index (κ3) is 3.46. The van der Waals surface area contributed by atoms with Crippen LogP contribution in [-0.2, 0) is 6.42 Å². The van der Waals surface area contributed by atoms with Crippen LogP contribution < -0.4 is 56.3 Å². The molecule has 0 N–H and O–H groups in total. The van der Waals surface area contributed by atoms with Gasteiger partial charge in [-0.05, 0) is 30.6 Å². The molecule has 0 spiro atoms. The van der Waals surface area contributed by atoms with Gasteiger partial charge in [0.1, 0.15) is 5.82 Å². The molecule has 0 saturated carbocycles. The fraction of sp³-hybridized carbons (Fsp3) is 0.333. The summed E-state index contributed by atoms with van der Waals surface area (Å²) in [6, 6.07) is 4.00. The van der Waals surface area contributed by atoms with Crippen molar-refractivity contribution in [3.8, 4) is 0 Å². The molecule has 0 bridgehead atoms. The van der Waals surface area contributed by atoms with Gasteiger partial charge in [-0.1, -0.05) is 6.07 Å². The minimum atomic E-state index is -4.86. The van der Waals surface area contributed by atoms with E-state index in [9.17, 15) is 17.3 Å². The molecule has 1 aliphatic heterocycles. The van der Waals surface area contributed by atoms with Crippen LogP contribution in [0.2, 0.25) is 0 Å². The van der Waals surface area contributed by atoms with Crippen LogP contribution in [0.25, 0.3) is 0 Å². The van der Waals surface area contributed by atoms with Crippen LogP contribution in [0.4, 0.5) is 23.0 Å². The molecule has 0 atom stereocenters. The molecule has 1 nitrogen and oxygen atoms in total. The van der Waals surface area contributed by atoms with Crippen molar-refractivity contribution in [2.24, 2.45) is 0 Å². The molecule has 7 heteroatoms. The van der Waals surface area contributed by atoms with Gasteiger partial charge in [-0.25, -0.2) is 4.39 Å². The molecular formula is C9H9BF4KN. The number of hydrogen-bond donors (Lipinski definition) is 0. The van der Waals surface area contributed by atoms with Gasteiger partial charge in [0.2, 0.25) is 0 Å². The minimum Gasteiger partial charge on any atom is -0.448 e. The summed E-state index contributed by atoms with van der Waals surface area (Å²) >= 11 is 0. The Balaban J connectivity index is 0.00000128. The molecule has 0 aromatic heterocycles. The van der Waals surface area contributed by atoms with Gasteiger partial charge in [-0.2, -0.15) is 0 Å². The van der Waals surface area contributed by atoms with E-state index in [1.807, 2.05) is 0 Å². The van der Waals surface area contributed by atoms with E-state index >= 15 is 0 Å². The summed E-state index contributed by atoms with van der Waals surface area (Å²) < 4.78 is 49.6. The first-order chi connectivity index (χ1) is 6.96. The van der Waals surface area contributed by atoms with Crippen LogP contribution in [0.3, 0.4) is 0 Å². The second kappa shape index (κ2) is 5.39. The van der Waals surface area contributed by atoms with Crippen LogP contribution in [0.5, 0.6) is 0 Å². The van der Waals surface area contributed by atoms with Crippen molar-refractivity contribution in [2.45, 2.75) is 6.42 Å². The fourth-order valence-corrected chi connectivity index (χ4v) is 1.86. The number of fused-ring (bicyclic) bond motifs is 1. The summed E-state index contributed by atoms with van der Waals surface area (Å²) in [7, 11) is 0. The average molecular weight is 257 g/mol. The maximum atomic E-state index is 12.9. The number of rotatable bonds is 2. The van der Waals surface area contributed by atoms with Gasteiger partial charge in [0.05, 0.1) is 0 Å². The van der Waals surface area contributed by atoms with Gasteiger partial charge in [-0.15, -0.1) is 0 Å². The predicted octanol–water partition coefficient (Wildman–Crippen LogP) is -0.421. The third-order valence-corrected chi connectivity index (χ3v) is 2.47. The van der Waals surface area contributed by atoms with E-state index < -0.39 is 19.2 Å². The van der Waals surface area contributed by atoms with E-state index in [0.29, 0.717) is 18.7 Å². The number of hydrogen-bond acceptors (Lipinski definition) is 1. The number of benzene rings is 1. The Morgan fingerprint density at radius 3 is 2.56 bits per heavy atom. The fourth-order valence-electron chi connectivity index (χ4n) is 1.86. The topological polar surface area (TPSA) is 3.24 Å². The summed E-state index contributed by atoms with van der Waals surface area (Å²) in [4.78, 5) is 1.19. The smallest absolute Gasteiger partial charge is 0.448 e. The van der Waals surface area contributed by atoms with Gasteiger partial charge in [-0.3, -0.25) is 0 Å². The van der Waals surface area contributed by atoms with Crippen molar-refractivity contribution in [1.29, 1.82) is 0 Å². The van der Waals surface area contributed by atoms with Crippen LogP contribution >= 0.6 is 0 Å². The largest absolute Gasteiger partial charge is 1.00 e. The molecular weight excluding hydrogens is 248 g/mol. The Labute approximate surface area is 134 Å². The van der Waals surface area contributed by atoms with Crippen molar-refractivity contribution in [2.75, 3.05) is 17.9 Å². The Bertz CT molecular complexity index is 382. The molecule has 0 unspecified atom stereocenters. The summed E-state index contributed by atoms with van der Waals surface area (Å²) in [6.45, 7) is -4.54. The molecule has 2 rings (SSSR count). The molecule has 0 fully saturated rings. The molecule has 1 heterocycles. The van der Waals surface area contributed by atoms with Gasteiger partial charge < -0.3 is 17.8 Å². The number of halogens is 4. The normalized spacial score (nSPS) is 14.6. The third-order valence-electron chi connectivity index (χ3n) is 2.47. The summed E-state index contributed by atoms with van der Waals surface area (Å²) in [5, 5.41) is 0. The predicted molar refractivity (Wildman–Crippen MR) is 51.4 cm³/mol. The molecule has 0 radical (unpaired) electrons. The molecule has 0 amide bonds. The molecule has 1 aliphatic rings. The van der Waals surface area contributed by atoms with E-state index in [2.05, 4.69) is 0 Å². The zero-order valence-electron chi connectivity index (χ0n) is 8.89. The van der Waals surface area contributed by atoms with E-state index in [1.165, 1.54) is 17.0 Å². The van der Waals surface area contributed by atoms with Crippen molar-refractivity contribution in [3.05, 3.63) is 29.6 Å². The quantitative estimate of drug-likeness (QED) is 0.514. The van der Waals surface area contributed by atoms with Gasteiger partial charge in [0, 0.05) is 12.2 Å². The molecule has 82 valence electrons. The molecule has 16 heavy (non-hydrogen) atoms. The van der Waals surface area contributed by atoms with Crippen molar-refractivity contribution in [3.63, 3.8) is 0 Å². The van der Waals surface area contributed by atoms with E-state index in [-0.39, 0.29) is 51.4 Å². The first-order valence-corrected chi connectivity index (χ1v) is 4.70. The maximum Gasteiger partial charge on any atom is 1.00 e. The SMILES string of the molecule is Fc1ccc2c(c1)N(C[B-](F)(F)F)CC2.[K+]. The monoisotopic (exact) mass is 257 g/mol. The Kier molecular flexibility index (Phi) is 4.89. The zero-order valence-corrected chi connectivity index (χ0v) is 12.0. The molecule has 1 aromatic rings. The molecule has 0 aliphatic carbocycles. The van der Waals surface area contributed by atoms with Gasteiger partial charge in [0.25, 0.3) is 0 Å². The van der Waals surface area contributed by atoms with Gasteiger partial charge in [0.15, 0.2) is 0 Å². The number of nitrogens with zero attached hydrogens (tertiary/aromatic N) is 1. The van der Waals surface area contributed by atoms with E-state index in [1.54, 1.807) is 6.07 Å². The Hall–Kier alpha value is 0.441. The van der Waals surface area contributed by atoms with Crippen LogP contribution in [0.15, 0.2) is 18.2 Å². The van der Waals surface area contributed by atoms with Crippen molar-refractivity contribution in [1.82, 2.24) is 0 Å². The van der Waals surface area contributed by atoms with Crippen LogP contribution in [-0.4, -0.2) is 20.0 Å². The summed E-state index contributed by atoms with van der Waals surface area (Å²) in [6.07, 6.45) is -0.391. The maximum absolute atomic E-state index is 12.9. The van der Waals surface area contributed by atoms with Crippen molar-refractivity contribution < 1.29 is 68.7 Å². The average Bonchev–Trinajstić information content (AvgIpc) is 2.46.